The number of imide groups is 1. The summed E-state index contributed by atoms with van der Waals surface area (Å²) in [5.74, 6) is -3.78. The molecule has 4 aromatic rings. The molecule has 1 fully saturated rings. The number of amides is 3. The Morgan fingerprint density at radius 2 is 1.75 bits per heavy atom. The number of sulfonamides is 1. The Hall–Kier alpha value is -4.02. The quantitative estimate of drug-likeness (QED) is 0.249. The van der Waals surface area contributed by atoms with E-state index in [9.17, 15) is 32.0 Å². The van der Waals surface area contributed by atoms with Crippen molar-refractivity contribution >= 4 is 73.8 Å². The predicted molar refractivity (Wildman–Crippen MR) is 162 cm³/mol. The Morgan fingerprint density at radius 3 is 2.43 bits per heavy atom. The summed E-state index contributed by atoms with van der Waals surface area (Å²) in [6, 6.07) is 14.8. The first-order valence-corrected chi connectivity index (χ1v) is 16.4. The lowest BCUT2D eigenvalue weighted by Crippen LogP contribution is -2.32. The smallest absolute Gasteiger partial charge is 0.305 e. The molecule has 11 nitrogen and oxygen atoms in total. The highest BCUT2D eigenvalue weighted by Gasteiger charge is 2.56. The number of nitrogens with two attached hydrogens (primary N) is 1. The number of thioether (sulfide) groups is 1. The van der Waals surface area contributed by atoms with Gasteiger partial charge in [0.1, 0.15) is 16.8 Å². The fraction of sp³-hybridized carbons (Fsp3) is 0.143. The van der Waals surface area contributed by atoms with Gasteiger partial charge >= 0.3 is 4.87 Å². The van der Waals surface area contributed by atoms with Crippen LogP contribution < -0.4 is 25.0 Å². The van der Waals surface area contributed by atoms with E-state index in [0.717, 1.165) is 40.1 Å². The first-order chi connectivity index (χ1) is 20.9. The van der Waals surface area contributed by atoms with Crippen LogP contribution in [0.3, 0.4) is 0 Å². The molecule has 3 heterocycles. The minimum atomic E-state index is -3.90. The average Bonchev–Trinajstić information content (AvgIpc) is 3.46. The van der Waals surface area contributed by atoms with Gasteiger partial charge in [-0.25, -0.2) is 22.8 Å². The van der Waals surface area contributed by atoms with Crippen molar-refractivity contribution in [1.29, 1.82) is 0 Å². The van der Waals surface area contributed by atoms with E-state index in [1.54, 1.807) is 6.07 Å². The van der Waals surface area contributed by atoms with Gasteiger partial charge in [0.2, 0.25) is 21.8 Å². The monoisotopic (exact) mass is 674 g/mol. The Labute approximate surface area is 262 Å². The molecule has 2 aliphatic heterocycles. The lowest BCUT2D eigenvalue weighted by atomic mass is 9.82. The molecule has 4 N–H and O–H groups in total. The molecule has 1 aromatic heterocycles. The number of hydrogen-bond donors (Lipinski definition) is 3. The Kier molecular flexibility index (Phi) is 7.83. The molecule has 44 heavy (non-hydrogen) atoms. The van der Waals surface area contributed by atoms with Gasteiger partial charge in [-0.05, 0) is 66.7 Å². The van der Waals surface area contributed by atoms with Crippen LogP contribution in [0.2, 0.25) is 5.02 Å². The number of primary sulfonamides is 1. The van der Waals surface area contributed by atoms with Crippen LogP contribution in [-0.4, -0.2) is 43.0 Å². The third-order valence-corrected chi connectivity index (χ3v) is 10.6. The number of aromatic amines is 1. The van der Waals surface area contributed by atoms with E-state index in [0.29, 0.717) is 21.2 Å². The first kappa shape index (κ1) is 30.0. The van der Waals surface area contributed by atoms with E-state index >= 15 is 0 Å². The molecule has 226 valence electrons. The molecule has 0 spiro atoms. The zero-order valence-corrected chi connectivity index (χ0v) is 25.4. The standard InChI is InChI=1S/C28H20ClFN4O7S3/c29-13-1-10-19(41-12-20(35)32-15-4-8-17(9-5-15)44(31,39)40)18(11-13)21-22-24(42-25-23(21)43-28(38)33-25)27(37)34(26(22)36)16-6-2-14(30)3-7-16/h1-11,21-22,24H,12H2,(H,32,35)(H,33,38)(H2,31,39,40). The molecule has 0 aliphatic carbocycles. The lowest BCUT2D eigenvalue weighted by molar-refractivity contribution is -0.122. The number of benzene rings is 3. The summed E-state index contributed by atoms with van der Waals surface area (Å²) >= 11 is 8.35. The first-order valence-electron chi connectivity index (χ1n) is 12.8. The summed E-state index contributed by atoms with van der Waals surface area (Å²) in [5, 5.41) is 7.51. The summed E-state index contributed by atoms with van der Waals surface area (Å²) in [6.45, 7) is -0.480. The molecule has 3 aromatic carbocycles. The molecule has 0 saturated carbocycles. The molecule has 3 atom stereocenters. The van der Waals surface area contributed by atoms with E-state index in [-0.39, 0.29) is 26.2 Å². The molecule has 3 amide bonds. The van der Waals surface area contributed by atoms with E-state index in [2.05, 4.69) is 10.3 Å². The van der Waals surface area contributed by atoms with Gasteiger partial charge < -0.3 is 15.0 Å². The summed E-state index contributed by atoms with van der Waals surface area (Å²) in [6.07, 6.45) is 0. The topological polar surface area (TPSA) is 169 Å². The maximum atomic E-state index is 13.9. The molecule has 6 rings (SSSR count). The zero-order valence-electron chi connectivity index (χ0n) is 22.2. The predicted octanol–water partition coefficient (Wildman–Crippen LogP) is 3.69. The van der Waals surface area contributed by atoms with Crippen LogP contribution in [0.1, 0.15) is 16.4 Å². The van der Waals surface area contributed by atoms with Crippen LogP contribution in [0, 0.1) is 11.7 Å². The number of aromatic nitrogens is 1. The summed E-state index contributed by atoms with van der Waals surface area (Å²) in [5.41, 5.74) is 0.896. The van der Waals surface area contributed by atoms with E-state index in [1.807, 2.05) is 0 Å². The van der Waals surface area contributed by atoms with Crippen LogP contribution in [-0.2, 0) is 24.4 Å². The molecular formula is C28H20ClFN4O7S3. The number of rotatable bonds is 7. The van der Waals surface area contributed by atoms with Crippen molar-refractivity contribution < 1.29 is 31.9 Å². The highest BCUT2D eigenvalue weighted by molar-refractivity contribution is 8.00. The Balaban J connectivity index is 1.32. The number of anilines is 2. The number of thiazole rings is 1. The van der Waals surface area contributed by atoms with Gasteiger partial charge in [-0.3, -0.25) is 19.2 Å². The van der Waals surface area contributed by atoms with Gasteiger partial charge in [0.15, 0.2) is 6.61 Å². The molecule has 16 heteroatoms. The number of halogens is 2. The maximum Gasteiger partial charge on any atom is 0.305 e. The van der Waals surface area contributed by atoms with Crippen molar-refractivity contribution in [3.63, 3.8) is 0 Å². The molecule has 3 unspecified atom stereocenters. The molecule has 2 aliphatic rings. The normalized spacial score (nSPS) is 19.4. The highest BCUT2D eigenvalue weighted by atomic mass is 35.5. The fourth-order valence-corrected chi connectivity index (χ4v) is 8.36. The highest BCUT2D eigenvalue weighted by Crippen LogP contribution is 2.54. The minimum Gasteiger partial charge on any atom is -0.483 e. The van der Waals surface area contributed by atoms with Gasteiger partial charge in [-0.1, -0.05) is 34.7 Å². The second-order valence-corrected chi connectivity index (χ2v) is 14.0. The minimum absolute atomic E-state index is 0.120. The molecule has 1 saturated heterocycles. The van der Waals surface area contributed by atoms with Crippen LogP contribution in [0.25, 0.3) is 0 Å². The fourth-order valence-electron chi connectivity index (χ4n) is 5.16. The van der Waals surface area contributed by atoms with Gasteiger partial charge in [0.05, 0.1) is 21.5 Å². The van der Waals surface area contributed by atoms with Crippen LogP contribution in [0.5, 0.6) is 5.75 Å². The number of fused-ring (bicyclic) bond motifs is 2. The van der Waals surface area contributed by atoms with Crippen LogP contribution in [0.4, 0.5) is 15.8 Å². The number of ether oxygens (including phenoxy) is 1. The maximum absolute atomic E-state index is 13.9. The van der Waals surface area contributed by atoms with Crippen molar-refractivity contribution in [2.24, 2.45) is 11.1 Å². The Morgan fingerprint density at radius 1 is 1.05 bits per heavy atom. The van der Waals surface area contributed by atoms with Gasteiger partial charge in [-0.15, -0.1) is 0 Å². The third-order valence-electron chi connectivity index (χ3n) is 7.04. The van der Waals surface area contributed by atoms with Crippen molar-refractivity contribution in [3.05, 3.63) is 97.7 Å². The van der Waals surface area contributed by atoms with Crippen molar-refractivity contribution in [2.45, 2.75) is 21.1 Å². The van der Waals surface area contributed by atoms with Gasteiger partial charge in [0.25, 0.3) is 5.91 Å². The van der Waals surface area contributed by atoms with Crippen LogP contribution >= 0.6 is 34.7 Å². The van der Waals surface area contributed by atoms with E-state index in [1.165, 1.54) is 48.5 Å². The number of hydrogen-bond acceptors (Lipinski definition) is 9. The molecular weight excluding hydrogens is 655 g/mol. The number of carbonyl (C=O) groups is 3. The largest absolute Gasteiger partial charge is 0.483 e. The lowest BCUT2D eigenvalue weighted by Gasteiger charge is -2.31. The van der Waals surface area contributed by atoms with Gasteiger partial charge in [-0.2, -0.15) is 0 Å². The summed E-state index contributed by atoms with van der Waals surface area (Å²) in [4.78, 5) is 56.5. The second-order valence-electron chi connectivity index (χ2n) is 9.83. The number of nitrogens with zero attached hydrogens (tertiary/aromatic N) is 1. The third kappa shape index (κ3) is 5.64. The van der Waals surface area contributed by atoms with E-state index in [4.69, 9.17) is 21.5 Å². The average molecular weight is 675 g/mol. The number of carbonyl (C=O) groups excluding carboxylic acids is 3. The summed E-state index contributed by atoms with van der Waals surface area (Å²) < 4.78 is 42.5. The van der Waals surface area contributed by atoms with Gasteiger partial charge in [0, 0.05) is 27.1 Å². The molecule has 0 radical (unpaired) electrons. The molecule has 0 bridgehead atoms. The number of nitrogens with one attached hydrogen (secondary N) is 2. The second kappa shape index (κ2) is 11.5. The van der Waals surface area contributed by atoms with Crippen molar-refractivity contribution in [1.82, 2.24) is 4.98 Å². The van der Waals surface area contributed by atoms with Crippen molar-refractivity contribution in [2.75, 3.05) is 16.8 Å². The van der Waals surface area contributed by atoms with Crippen molar-refractivity contribution in [3.8, 4) is 5.75 Å². The SMILES string of the molecule is NS(=O)(=O)c1ccc(NC(=O)COc2ccc(Cl)cc2C2c3sc(=O)[nH]c3SC3C(=O)N(c4ccc(F)cc4)C(=O)C32)cc1. The van der Waals surface area contributed by atoms with Crippen LogP contribution in [0.15, 0.2) is 81.4 Å². The number of H-pyrrole nitrogens is 1. The Bertz CT molecular complexity index is 1980. The summed E-state index contributed by atoms with van der Waals surface area (Å²) in [7, 11) is -3.90. The van der Waals surface area contributed by atoms with E-state index < -0.39 is 57.3 Å². The zero-order chi connectivity index (χ0) is 31.3.